The molecule has 0 saturated carbocycles. The van der Waals surface area contributed by atoms with E-state index in [9.17, 15) is 9.18 Å². The van der Waals surface area contributed by atoms with Gasteiger partial charge < -0.3 is 9.47 Å². The smallest absolute Gasteiger partial charge is 0.231 e. The minimum absolute atomic E-state index is 0.0892. The lowest BCUT2D eigenvalue weighted by Gasteiger charge is -2.01. The highest BCUT2D eigenvalue weighted by Gasteiger charge is 2.18. The topological polar surface area (TPSA) is 35.5 Å². The van der Waals surface area contributed by atoms with Crippen LogP contribution in [-0.2, 0) is 6.67 Å². The van der Waals surface area contributed by atoms with Crippen LogP contribution in [0.2, 0.25) is 0 Å². The number of aldehydes is 1. The fourth-order valence-electron chi connectivity index (χ4n) is 1.26. The Morgan fingerprint density at radius 3 is 3.00 bits per heavy atom. The van der Waals surface area contributed by atoms with Crippen LogP contribution < -0.4 is 9.47 Å². The first-order chi connectivity index (χ1) is 6.35. The van der Waals surface area contributed by atoms with Gasteiger partial charge in [-0.15, -0.1) is 0 Å². The summed E-state index contributed by atoms with van der Waals surface area (Å²) in [5.41, 5.74) is 0.758. The van der Waals surface area contributed by atoms with Crippen molar-refractivity contribution >= 4 is 6.29 Å². The molecule has 0 atom stereocenters. The van der Waals surface area contributed by atoms with Crippen LogP contribution in [-0.4, -0.2) is 13.1 Å². The number of halogens is 1. The van der Waals surface area contributed by atoms with Crippen molar-refractivity contribution in [3.63, 3.8) is 0 Å². The van der Waals surface area contributed by atoms with Crippen LogP contribution in [0.4, 0.5) is 4.39 Å². The van der Waals surface area contributed by atoms with Crippen LogP contribution >= 0.6 is 0 Å². The summed E-state index contributed by atoms with van der Waals surface area (Å²) in [4.78, 5) is 10.6. The third-order valence-corrected chi connectivity index (χ3v) is 1.84. The second-order valence-corrected chi connectivity index (χ2v) is 2.67. The number of benzene rings is 1. The summed E-state index contributed by atoms with van der Waals surface area (Å²) < 4.78 is 22.4. The van der Waals surface area contributed by atoms with E-state index in [1.807, 2.05) is 0 Å². The molecule has 0 saturated heterocycles. The van der Waals surface area contributed by atoms with E-state index in [0.29, 0.717) is 28.9 Å². The molecule has 0 spiro atoms. The summed E-state index contributed by atoms with van der Waals surface area (Å²) in [5.74, 6) is 0.851. The number of alkyl halides is 1. The van der Waals surface area contributed by atoms with Crippen molar-refractivity contribution in [1.29, 1.82) is 0 Å². The van der Waals surface area contributed by atoms with E-state index in [1.54, 1.807) is 0 Å². The van der Waals surface area contributed by atoms with Gasteiger partial charge in [0.05, 0.1) is 5.56 Å². The van der Waals surface area contributed by atoms with E-state index in [1.165, 1.54) is 12.1 Å². The molecule has 0 bridgehead atoms. The minimum Gasteiger partial charge on any atom is -0.454 e. The van der Waals surface area contributed by atoms with Crippen molar-refractivity contribution in [2.45, 2.75) is 6.67 Å². The molecule has 0 fully saturated rings. The van der Waals surface area contributed by atoms with Gasteiger partial charge in [-0.05, 0) is 17.7 Å². The Kier molecular flexibility index (Phi) is 1.88. The van der Waals surface area contributed by atoms with Gasteiger partial charge in [0.2, 0.25) is 6.79 Å². The van der Waals surface area contributed by atoms with E-state index >= 15 is 0 Å². The van der Waals surface area contributed by atoms with Crippen LogP contribution in [0.3, 0.4) is 0 Å². The standard InChI is InChI=1S/C9H7FO3/c10-3-6-1-7(4-11)9-8(2-6)12-5-13-9/h1-2,4H,3,5H2. The Morgan fingerprint density at radius 1 is 1.46 bits per heavy atom. The predicted octanol–water partition coefficient (Wildman–Crippen LogP) is 1.70. The lowest BCUT2D eigenvalue weighted by atomic mass is 10.1. The Labute approximate surface area is 74.1 Å². The summed E-state index contributed by atoms with van der Waals surface area (Å²) >= 11 is 0. The van der Waals surface area contributed by atoms with E-state index in [-0.39, 0.29) is 6.79 Å². The summed E-state index contributed by atoms with van der Waals surface area (Å²) in [6.07, 6.45) is 0.632. The van der Waals surface area contributed by atoms with Gasteiger partial charge in [0.1, 0.15) is 6.67 Å². The van der Waals surface area contributed by atoms with Crippen LogP contribution in [0.5, 0.6) is 11.5 Å². The van der Waals surface area contributed by atoms with Gasteiger partial charge in [0.25, 0.3) is 0 Å². The number of ether oxygens (including phenoxy) is 2. The predicted molar refractivity (Wildman–Crippen MR) is 42.8 cm³/mol. The zero-order valence-electron chi connectivity index (χ0n) is 6.75. The molecule has 0 amide bonds. The van der Waals surface area contributed by atoms with Crippen LogP contribution in [0.25, 0.3) is 0 Å². The van der Waals surface area contributed by atoms with E-state index in [4.69, 9.17) is 9.47 Å². The Balaban J connectivity index is 2.55. The highest BCUT2D eigenvalue weighted by Crippen LogP contribution is 2.36. The molecular weight excluding hydrogens is 175 g/mol. The molecule has 0 aliphatic carbocycles. The normalized spacial score (nSPS) is 13.0. The van der Waals surface area contributed by atoms with Crippen molar-refractivity contribution in [3.05, 3.63) is 23.3 Å². The number of hydrogen-bond acceptors (Lipinski definition) is 3. The lowest BCUT2D eigenvalue weighted by Crippen LogP contribution is -1.94. The number of rotatable bonds is 2. The zero-order valence-corrected chi connectivity index (χ0v) is 6.75. The third kappa shape index (κ3) is 1.24. The maximum Gasteiger partial charge on any atom is 0.231 e. The van der Waals surface area contributed by atoms with Crippen LogP contribution in [0.15, 0.2) is 12.1 Å². The van der Waals surface area contributed by atoms with E-state index in [2.05, 4.69) is 0 Å². The van der Waals surface area contributed by atoms with Gasteiger partial charge in [0, 0.05) is 0 Å². The van der Waals surface area contributed by atoms with Gasteiger partial charge in [-0.1, -0.05) is 0 Å². The van der Waals surface area contributed by atoms with Crippen molar-refractivity contribution in [2.75, 3.05) is 6.79 Å². The maximum atomic E-state index is 12.3. The fourth-order valence-corrected chi connectivity index (χ4v) is 1.26. The number of fused-ring (bicyclic) bond motifs is 1. The van der Waals surface area contributed by atoms with Gasteiger partial charge >= 0.3 is 0 Å². The molecule has 3 nitrogen and oxygen atoms in total. The third-order valence-electron chi connectivity index (χ3n) is 1.84. The quantitative estimate of drug-likeness (QED) is 0.653. The van der Waals surface area contributed by atoms with Crippen molar-refractivity contribution < 1.29 is 18.7 Å². The van der Waals surface area contributed by atoms with Crippen molar-refractivity contribution in [3.8, 4) is 11.5 Å². The first-order valence-corrected chi connectivity index (χ1v) is 3.79. The SMILES string of the molecule is O=Cc1cc(CF)cc2c1OCO2. The molecule has 1 aliphatic rings. The molecule has 0 aromatic heterocycles. The highest BCUT2D eigenvalue weighted by molar-refractivity contribution is 5.82. The van der Waals surface area contributed by atoms with Crippen molar-refractivity contribution in [1.82, 2.24) is 0 Å². The summed E-state index contributed by atoms with van der Waals surface area (Å²) in [6, 6.07) is 3.00. The van der Waals surface area contributed by atoms with Crippen LogP contribution in [0, 0.1) is 0 Å². The second-order valence-electron chi connectivity index (χ2n) is 2.67. The molecule has 0 unspecified atom stereocenters. The Hall–Kier alpha value is -1.58. The maximum absolute atomic E-state index is 12.3. The molecule has 1 aliphatic heterocycles. The van der Waals surface area contributed by atoms with Gasteiger partial charge in [-0.2, -0.15) is 0 Å². The summed E-state index contributed by atoms with van der Waals surface area (Å²) in [6.45, 7) is -0.524. The average Bonchev–Trinajstić information content (AvgIpc) is 2.63. The molecule has 0 N–H and O–H groups in total. The zero-order chi connectivity index (χ0) is 9.26. The van der Waals surface area contributed by atoms with Gasteiger partial charge in [-0.25, -0.2) is 4.39 Å². The number of carbonyl (C=O) groups is 1. The molecule has 2 rings (SSSR count). The minimum atomic E-state index is -0.614. The molecule has 68 valence electrons. The Morgan fingerprint density at radius 2 is 2.31 bits per heavy atom. The molecule has 13 heavy (non-hydrogen) atoms. The van der Waals surface area contributed by atoms with E-state index in [0.717, 1.165) is 0 Å². The summed E-state index contributed by atoms with van der Waals surface area (Å²) in [7, 11) is 0. The summed E-state index contributed by atoms with van der Waals surface area (Å²) in [5, 5.41) is 0. The number of carbonyl (C=O) groups excluding carboxylic acids is 1. The average molecular weight is 182 g/mol. The fraction of sp³-hybridized carbons (Fsp3) is 0.222. The monoisotopic (exact) mass is 182 g/mol. The van der Waals surface area contributed by atoms with Gasteiger partial charge in [-0.3, -0.25) is 4.79 Å². The van der Waals surface area contributed by atoms with Gasteiger partial charge in [0.15, 0.2) is 17.8 Å². The largest absolute Gasteiger partial charge is 0.454 e. The molecular formula is C9H7FO3. The Bertz CT molecular complexity index is 349. The van der Waals surface area contributed by atoms with E-state index < -0.39 is 6.67 Å². The molecule has 1 aromatic carbocycles. The first kappa shape index (κ1) is 8.04. The molecule has 1 aromatic rings. The highest BCUT2D eigenvalue weighted by atomic mass is 19.1. The second kappa shape index (κ2) is 3.05. The molecule has 4 heteroatoms. The van der Waals surface area contributed by atoms with Crippen molar-refractivity contribution in [2.24, 2.45) is 0 Å². The lowest BCUT2D eigenvalue weighted by molar-refractivity contribution is 0.111. The first-order valence-electron chi connectivity index (χ1n) is 3.79. The van der Waals surface area contributed by atoms with Crippen LogP contribution in [0.1, 0.15) is 15.9 Å². The number of hydrogen-bond donors (Lipinski definition) is 0. The molecule has 0 radical (unpaired) electrons. The molecule has 1 heterocycles.